The number of sulfone groups is 1. The van der Waals surface area contributed by atoms with Crippen LogP contribution in [0.4, 0.5) is 11.4 Å². The summed E-state index contributed by atoms with van der Waals surface area (Å²) in [6.07, 6.45) is 4.44. The number of rotatable bonds is 7. The molecule has 0 aromatic heterocycles. The van der Waals surface area contributed by atoms with E-state index in [1.165, 1.54) is 6.26 Å². The van der Waals surface area contributed by atoms with Crippen LogP contribution in [0.1, 0.15) is 40.0 Å². The van der Waals surface area contributed by atoms with Crippen LogP contribution in [0.5, 0.6) is 0 Å². The van der Waals surface area contributed by atoms with E-state index in [0.29, 0.717) is 11.7 Å². The monoisotopic (exact) mass is 298 g/mol. The largest absolute Gasteiger partial charge is 0.397 e. The summed E-state index contributed by atoms with van der Waals surface area (Å²) in [6, 6.07) is 5.41. The number of hydrogen-bond donors (Lipinski definition) is 1. The van der Waals surface area contributed by atoms with Gasteiger partial charge in [-0.15, -0.1) is 0 Å². The lowest BCUT2D eigenvalue weighted by molar-refractivity contribution is 0.595. The molecule has 0 radical (unpaired) electrons. The molecule has 1 unspecified atom stereocenters. The summed E-state index contributed by atoms with van der Waals surface area (Å²) in [6.45, 7) is 7.41. The van der Waals surface area contributed by atoms with E-state index in [4.69, 9.17) is 5.73 Å². The van der Waals surface area contributed by atoms with Crippen molar-refractivity contribution in [2.24, 2.45) is 0 Å². The average Bonchev–Trinajstić information content (AvgIpc) is 2.39. The Labute approximate surface area is 122 Å². The Morgan fingerprint density at radius 2 is 1.95 bits per heavy atom. The third-order valence-corrected chi connectivity index (χ3v) is 4.72. The van der Waals surface area contributed by atoms with Gasteiger partial charge in [-0.2, -0.15) is 0 Å². The second-order valence-corrected chi connectivity index (χ2v) is 7.31. The second-order valence-electron chi connectivity index (χ2n) is 5.30. The molecule has 5 heteroatoms. The highest BCUT2D eigenvalue weighted by Gasteiger charge is 2.17. The van der Waals surface area contributed by atoms with Crippen molar-refractivity contribution in [2.45, 2.75) is 51.0 Å². The molecule has 0 bridgehead atoms. The number of unbranched alkanes of at least 4 members (excludes halogenated alkanes) is 1. The van der Waals surface area contributed by atoms with Gasteiger partial charge in [-0.25, -0.2) is 8.42 Å². The normalized spacial score (nSPS) is 13.2. The molecule has 1 atom stereocenters. The highest BCUT2D eigenvalue weighted by Crippen LogP contribution is 2.28. The van der Waals surface area contributed by atoms with E-state index in [1.807, 2.05) is 6.07 Å². The third-order valence-electron chi connectivity index (χ3n) is 3.61. The molecule has 0 spiro atoms. The highest BCUT2D eigenvalue weighted by molar-refractivity contribution is 7.90. The van der Waals surface area contributed by atoms with E-state index in [-0.39, 0.29) is 4.90 Å². The predicted molar refractivity (Wildman–Crippen MR) is 86.0 cm³/mol. The van der Waals surface area contributed by atoms with Crippen molar-refractivity contribution in [3.63, 3.8) is 0 Å². The molecule has 2 N–H and O–H groups in total. The van der Waals surface area contributed by atoms with Crippen molar-refractivity contribution in [3.05, 3.63) is 18.2 Å². The Morgan fingerprint density at radius 3 is 2.40 bits per heavy atom. The van der Waals surface area contributed by atoms with E-state index >= 15 is 0 Å². The maximum absolute atomic E-state index is 11.6. The van der Waals surface area contributed by atoms with Crippen LogP contribution in [0.15, 0.2) is 23.1 Å². The first-order valence-electron chi connectivity index (χ1n) is 7.17. The maximum atomic E-state index is 11.6. The van der Waals surface area contributed by atoms with Crippen LogP contribution in [0, 0.1) is 0 Å². The fourth-order valence-corrected chi connectivity index (χ4v) is 2.81. The van der Waals surface area contributed by atoms with Crippen molar-refractivity contribution in [2.75, 3.05) is 23.4 Å². The molecule has 0 aliphatic rings. The Hall–Kier alpha value is -1.23. The minimum atomic E-state index is -3.21. The molecule has 114 valence electrons. The molecule has 0 amide bonds. The van der Waals surface area contributed by atoms with Gasteiger partial charge in [-0.3, -0.25) is 0 Å². The lowest BCUT2D eigenvalue weighted by Crippen LogP contribution is -2.34. The number of nitrogen functional groups attached to an aromatic ring is 1. The maximum Gasteiger partial charge on any atom is 0.175 e. The zero-order chi connectivity index (χ0) is 15.3. The van der Waals surface area contributed by atoms with Crippen LogP contribution in [-0.4, -0.2) is 27.3 Å². The number of hydrogen-bond acceptors (Lipinski definition) is 4. The van der Waals surface area contributed by atoms with Crippen molar-refractivity contribution >= 4 is 21.2 Å². The summed E-state index contributed by atoms with van der Waals surface area (Å²) in [5.74, 6) is 0. The molecule has 1 aromatic carbocycles. The molecule has 1 rings (SSSR count). The predicted octanol–water partition coefficient (Wildman–Crippen LogP) is 3.08. The topological polar surface area (TPSA) is 63.4 Å². The molecule has 0 saturated carbocycles. The number of benzene rings is 1. The number of nitrogens with zero attached hydrogens (tertiary/aromatic N) is 1. The quantitative estimate of drug-likeness (QED) is 0.786. The van der Waals surface area contributed by atoms with Crippen LogP contribution >= 0.6 is 0 Å². The van der Waals surface area contributed by atoms with Gasteiger partial charge in [-0.1, -0.05) is 20.3 Å². The van der Waals surface area contributed by atoms with Crippen LogP contribution in [-0.2, 0) is 9.84 Å². The summed E-state index contributed by atoms with van der Waals surface area (Å²) in [5, 5.41) is 0. The average molecular weight is 298 g/mol. The van der Waals surface area contributed by atoms with E-state index < -0.39 is 9.84 Å². The van der Waals surface area contributed by atoms with Gasteiger partial charge in [0.2, 0.25) is 0 Å². The highest BCUT2D eigenvalue weighted by atomic mass is 32.2. The van der Waals surface area contributed by atoms with Crippen LogP contribution in [0.3, 0.4) is 0 Å². The van der Waals surface area contributed by atoms with Gasteiger partial charge in [0.1, 0.15) is 0 Å². The van der Waals surface area contributed by atoms with Crippen molar-refractivity contribution in [3.8, 4) is 0 Å². The zero-order valence-electron chi connectivity index (χ0n) is 12.9. The van der Waals surface area contributed by atoms with Gasteiger partial charge in [0, 0.05) is 18.8 Å². The van der Waals surface area contributed by atoms with E-state index in [9.17, 15) is 8.42 Å². The van der Waals surface area contributed by atoms with Gasteiger partial charge in [-0.05, 0) is 38.0 Å². The molecular formula is C15H26N2O2S. The molecular weight excluding hydrogens is 272 g/mol. The molecule has 0 aliphatic heterocycles. The Balaban J connectivity index is 3.14. The lowest BCUT2D eigenvalue weighted by atomic mass is 10.1. The van der Waals surface area contributed by atoms with Gasteiger partial charge >= 0.3 is 0 Å². The summed E-state index contributed by atoms with van der Waals surface area (Å²) >= 11 is 0. The van der Waals surface area contributed by atoms with Crippen LogP contribution in [0.2, 0.25) is 0 Å². The summed E-state index contributed by atoms with van der Waals surface area (Å²) in [7, 11) is -3.21. The van der Waals surface area contributed by atoms with Crippen LogP contribution in [0.25, 0.3) is 0 Å². The Kier molecular flexibility index (Phi) is 5.87. The molecule has 0 saturated heterocycles. The molecule has 0 fully saturated rings. The van der Waals surface area contributed by atoms with Crippen molar-refractivity contribution in [1.29, 1.82) is 0 Å². The minimum Gasteiger partial charge on any atom is -0.397 e. The standard InChI is InChI=1S/C15H26N2O2S/c1-5-7-10-17(12(3)6-2)15-9-8-13(11-14(15)16)20(4,18)19/h8-9,11-12H,5-7,10,16H2,1-4H3. The molecule has 0 heterocycles. The fourth-order valence-electron chi connectivity index (χ4n) is 2.15. The number of nitrogens with two attached hydrogens (primary N) is 1. The summed E-state index contributed by atoms with van der Waals surface area (Å²) in [4.78, 5) is 2.54. The summed E-state index contributed by atoms with van der Waals surface area (Å²) < 4.78 is 23.1. The first-order chi connectivity index (χ1) is 9.31. The van der Waals surface area contributed by atoms with Gasteiger partial charge in [0.15, 0.2) is 9.84 Å². The first kappa shape index (κ1) is 16.8. The minimum absolute atomic E-state index is 0.276. The van der Waals surface area contributed by atoms with Crippen molar-refractivity contribution in [1.82, 2.24) is 0 Å². The third kappa shape index (κ3) is 4.13. The fraction of sp³-hybridized carbons (Fsp3) is 0.600. The molecule has 1 aromatic rings. The van der Waals surface area contributed by atoms with Crippen LogP contribution < -0.4 is 10.6 Å². The van der Waals surface area contributed by atoms with E-state index in [0.717, 1.165) is 31.5 Å². The van der Waals surface area contributed by atoms with E-state index in [2.05, 4.69) is 25.7 Å². The van der Waals surface area contributed by atoms with Gasteiger partial charge < -0.3 is 10.6 Å². The Bertz CT molecular complexity index is 541. The van der Waals surface area contributed by atoms with Gasteiger partial charge in [0.25, 0.3) is 0 Å². The lowest BCUT2D eigenvalue weighted by Gasteiger charge is -2.32. The zero-order valence-corrected chi connectivity index (χ0v) is 13.7. The SMILES string of the molecule is CCCCN(c1ccc(S(C)(=O)=O)cc1N)C(C)CC. The molecule has 0 aliphatic carbocycles. The van der Waals surface area contributed by atoms with Gasteiger partial charge in [0.05, 0.1) is 16.3 Å². The number of anilines is 2. The summed E-state index contributed by atoms with van der Waals surface area (Å²) in [5.41, 5.74) is 7.54. The molecule has 4 nitrogen and oxygen atoms in total. The second kappa shape index (κ2) is 6.97. The van der Waals surface area contributed by atoms with E-state index in [1.54, 1.807) is 12.1 Å². The first-order valence-corrected chi connectivity index (χ1v) is 9.06. The molecule has 20 heavy (non-hydrogen) atoms. The Morgan fingerprint density at radius 1 is 1.30 bits per heavy atom. The van der Waals surface area contributed by atoms with Crippen molar-refractivity contribution < 1.29 is 8.42 Å². The smallest absolute Gasteiger partial charge is 0.175 e.